The van der Waals surface area contributed by atoms with E-state index in [0.29, 0.717) is 0 Å². The highest BCUT2D eigenvalue weighted by Gasteiger charge is 2.44. The quantitative estimate of drug-likeness (QED) is 0.568. The summed E-state index contributed by atoms with van der Waals surface area (Å²) < 4.78 is 15.9. The van der Waals surface area contributed by atoms with Gasteiger partial charge >= 0.3 is 5.97 Å². The van der Waals surface area contributed by atoms with Gasteiger partial charge in [-0.1, -0.05) is 26.2 Å². The molecular weight excluding hydrogens is 252 g/mol. The molecule has 0 aliphatic carbocycles. The molecule has 1 fully saturated rings. The van der Waals surface area contributed by atoms with E-state index in [1.54, 1.807) is 0 Å². The van der Waals surface area contributed by atoms with E-state index in [1.807, 2.05) is 0 Å². The zero-order valence-corrected chi connectivity index (χ0v) is 11.0. The molecule has 2 aliphatic rings. The van der Waals surface area contributed by atoms with Gasteiger partial charge in [-0.25, -0.2) is 4.79 Å². The van der Waals surface area contributed by atoms with Crippen molar-refractivity contribution in [1.82, 2.24) is 0 Å². The zero-order valence-electron chi connectivity index (χ0n) is 11.0. The van der Waals surface area contributed by atoms with Crippen molar-refractivity contribution < 1.29 is 29.2 Å². The number of aliphatic hydroxyl groups is 2. The Morgan fingerprint density at radius 2 is 2.05 bits per heavy atom. The molecule has 3 atom stereocenters. The summed E-state index contributed by atoms with van der Waals surface area (Å²) in [5, 5.41) is 18.8. The van der Waals surface area contributed by atoms with Gasteiger partial charge in [0.2, 0.25) is 5.76 Å². The van der Waals surface area contributed by atoms with Gasteiger partial charge in [-0.15, -0.1) is 0 Å². The Balaban J connectivity index is 1.78. The van der Waals surface area contributed by atoms with Crippen molar-refractivity contribution in [2.24, 2.45) is 0 Å². The number of hydrogen-bond acceptors (Lipinski definition) is 6. The lowest BCUT2D eigenvalue weighted by Crippen LogP contribution is -2.31. The van der Waals surface area contributed by atoms with E-state index < -0.39 is 29.7 Å². The molecule has 1 saturated heterocycles. The number of carbonyl (C=O) groups excluding carboxylic acids is 1. The van der Waals surface area contributed by atoms with Crippen molar-refractivity contribution >= 4 is 5.97 Å². The largest absolute Gasteiger partial charge is 0.505 e. The molecular formula is C13H20O6. The van der Waals surface area contributed by atoms with Crippen LogP contribution in [0.5, 0.6) is 0 Å². The van der Waals surface area contributed by atoms with Crippen LogP contribution in [0.3, 0.4) is 0 Å². The summed E-state index contributed by atoms with van der Waals surface area (Å²) >= 11 is 0. The van der Waals surface area contributed by atoms with E-state index in [-0.39, 0.29) is 12.9 Å². The molecule has 2 aliphatic heterocycles. The summed E-state index contributed by atoms with van der Waals surface area (Å²) in [6, 6.07) is 0. The minimum atomic E-state index is -0.951. The highest BCUT2D eigenvalue weighted by molar-refractivity contribution is 5.89. The van der Waals surface area contributed by atoms with E-state index in [1.165, 1.54) is 12.8 Å². The fraction of sp³-hybridized carbons (Fsp3) is 0.769. The van der Waals surface area contributed by atoms with Crippen molar-refractivity contribution in [3.63, 3.8) is 0 Å². The van der Waals surface area contributed by atoms with Crippen LogP contribution in [0.2, 0.25) is 0 Å². The van der Waals surface area contributed by atoms with Crippen LogP contribution >= 0.6 is 0 Å². The first-order valence-corrected chi connectivity index (χ1v) is 6.73. The van der Waals surface area contributed by atoms with Gasteiger partial charge in [0.05, 0.1) is 6.61 Å². The van der Waals surface area contributed by atoms with Gasteiger partial charge in [0, 0.05) is 0 Å². The Labute approximate surface area is 112 Å². The molecule has 108 valence electrons. The van der Waals surface area contributed by atoms with E-state index in [2.05, 4.69) is 6.92 Å². The zero-order chi connectivity index (χ0) is 13.8. The molecule has 6 heteroatoms. The smallest absolute Gasteiger partial charge is 0.377 e. The number of carbonyl (C=O) groups is 1. The molecule has 0 aromatic carbocycles. The third-order valence-electron chi connectivity index (χ3n) is 3.34. The molecule has 0 spiro atoms. The van der Waals surface area contributed by atoms with Gasteiger partial charge in [-0.3, -0.25) is 0 Å². The molecule has 2 heterocycles. The second-order valence-electron chi connectivity index (χ2n) is 4.85. The van der Waals surface area contributed by atoms with Crippen LogP contribution in [0.15, 0.2) is 11.5 Å². The number of rotatable bonds is 6. The Kier molecular flexibility index (Phi) is 4.66. The molecule has 0 saturated carbocycles. The molecule has 0 bridgehead atoms. The molecule has 2 N–H and O–H groups in total. The molecule has 0 unspecified atom stereocenters. The molecule has 19 heavy (non-hydrogen) atoms. The molecule has 0 aromatic rings. The Bertz CT molecular complexity index is 364. The Hall–Kier alpha value is -1.27. The number of aliphatic hydroxyl groups excluding tert-OH is 2. The third-order valence-corrected chi connectivity index (χ3v) is 3.34. The molecule has 0 amide bonds. The average Bonchev–Trinajstić information content (AvgIpc) is 2.96. The lowest BCUT2D eigenvalue weighted by molar-refractivity contribution is -0.149. The van der Waals surface area contributed by atoms with Crippen LogP contribution in [-0.2, 0) is 19.0 Å². The van der Waals surface area contributed by atoms with Crippen LogP contribution in [0.25, 0.3) is 0 Å². The lowest BCUT2D eigenvalue weighted by atomic mass is 10.1. The standard InChI is InChI=1S/C13H20O6/c1-2-3-4-5-6-9-17-7-8(18-9)12-10(14)11(15)13(16)19-12/h8-9,12,14-15H,2-7H2,1H3/t8-,9+,12-/m0/s1. The third kappa shape index (κ3) is 3.19. The van der Waals surface area contributed by atoms with Crippen LogP contribution in [0, 0.1) is 0 Å². The molecule has 6 nitrogen and oxygen atoms in total. The number of hydrogen-bond donors (Lipinski definition) is 2. The maximum Gasteiger partial charge on any atom is 0.377 e. The first kappa shape index (κ1) is 14.1. The minimum Gasteiger partial charge on any atom is -0.505 e. The molecule has 0 aromatic heterocycles. The first-order valence-electron chi connectivity index (χ1n) is 6.73. The van der Waals surface area contributed by atoms with Crippen molar-refractivity contribution in [1.29, 1.82) is 0 Å². The van der Waals surface area contributed by atoms with Gasteiger partial charge in [-0.2, -0.15) is 0 Å². The normalized spacial score (nSPS) is 31.0. The van der Waals surface area contributed by atoms with Crippen LogP contribution in [-0.4, -0.2) is 41.3 Å². The fourth-order valence-corrected chi connectivity index (χ4v) is 2.24. The summed E-state index contributed by atoms with van der Waals surface area (Å²) in [7, 11) is 0. The molecule has 0 radical (unpaired) electrons. The second-order valence-corrected chi connectivity index (χ2v) is 4.85. The van der Waals surface area contributed by atoms with Crippen molar-refractivity contribution in [3.05, 3.63) is 11.5 Å². The van der Waals surface area contributed by atoms with E-state index in [9.17, 15) is 15.0 Å². The number of esters is 1. The monoisotopic (exact) mass is 272 g/mol. The van der Waals surface area contributed by atoms with E-state index >= 15 is 0 Å². The van der Waals surface area contributed by atoms with Crippen LogP contribution < -0.4 is 0 Å². The average molecular weight is 272 g/mol. The summed E-state index contributed by atoms with van der Waals surface area (Å²) in [6.45, 7) is 2.39. The highest BCUT2D eigenvalue weighted by Crippen LogP contribution is 2.28. The van der Waals surface area contributed by atoms with Crippen molar-refractivity contribution in [3.8, 4) is 0 Å². The first-order chi connectivity index (χ1) is 9.13. The SMILES string of the molecule is CCCCCC[C@@H]1OC[C@@H]([C@@H]2OC(=O)C(O)=C2O)O1. The topological polar surface area (TPSA) is 85.2 Å². The summed E-state index contributed by atoms with van der Waals surface area (Å²) in [5.41, 5.74) is 0. The van der Waals surface area contributed by atoms with Gasteiger partial charge in [0.1, 0.15) is 6.10 Å². The predicted octanol–water partition coefficient (Wildman–Crippen LogP) is 1.95. The Morgan fingerprint density at radius 3 is 2.68 bits per heavy atom. The highest BCUT2D eigenvalue weighted by atomic mass is 16.7. The summed E-state index contributed by atoms with van der Waals surface area (Å²) in [6.07, 6.45) is 3.47. The maximum atomic E-state index is 11.1. The Morgan fingerprint density at radius 1 is 1.26 bits per heavy atom. The summed E-state index contributed by atoms with van der Waals surface area (Å²) in [4.78, 5) is 11.1. The number of unbranched alkanes of at least 4 members (excludes halogenated alkanes) is 3. The minimum absolute atomic E-state index is 0.244. The lowest BCUT2D eigenvalue weighted by Gasteiger charge is -2.16. The van der Waals surface area contributed by atoms with E-state index in [0.717, 1.165) is 19.3 Å². The van der Waals surface area contributed by atoms with Gasteiger partial charge in [0.15, 0.2) is 18.2 Å². The summed E-state index contributed by atoms with van der Waals surface area (Å²) in [5.74, 6) is -2.12. The molecule has 2 rings (SSSR count). The predicted molar refractivity (Wildman–Crippen MR) is 65.5 cm³/mol. The van der Waals surface area contributed by atoms with Crippen molar-refractivity contribution in [2.75, 3.05) is 6.61 Å². The van der Waals surface area contributed by atoms with Gasteiger partial charge in [0.25, 0.3) is 0 Å². The fourth-order valence-electron chi connectivity index (χ4n) is 2.24. The van der Waals surface area contributed by atoms with E-state index in [4.69, 9.17) is 14.2 Å². The number of cyclic esters (lactones) is 1. The second kappa shape index (κ2) is 6.25. The van der Waals surface area contributed by atoms with Gasteiger partial charge in [-0.05, 0) is 12.8 Å². The van der Waals surface area contributed by atoms with Crippen LogP contribution in [0.4, 0.5) is 0 Å². The number of ether oxygens (including phenoxy) is 3. The maximum absolute atomic E-state index is 11.1. The van der Waals surface area contributed by atoms with Gasteiger partial charge < -0.3 is 24.4 Å². The van der Waals surface area contributed by atoms with Crippen molar-refractivity contribution in [2.45, 2.75) is 57.5 Å². The van der Waals surface area contributed by atoms with Crippen LogP contribution in [0.1, 0.15) is 39.0 Å².